The Morgan fingerprint density at radius 1 is 1.11 bits per heavy atom. The van der Waals surface area contributed by atoms with Gasteiger partial charge in [0.15, 0.2) is 0 Å². The van der Waals surface area contributed by atoms with E-state index in [1.807, 2.05) is 11.3 Å². The number of hydrogen-bond donors (Lipinski definition) is 0. The molecule has 1 saturated heterocycles. The highest BCUT2D eigenvalue weighted by Gasteiger charge is 2.20. The summed E-state index contributed by atoms with van der Waals surface area (Å²) < 4.78 is 3.46. The fourth-order valence-corrected chi connectivity index (χ4v) is 5.28. The van der Waals surface area contributed by atoms with Gasteiger partial charge in [-0.15, -0.1) is 11.3 Å². The Morgan fingerprint density at radius 2 is 1.96 bits per heavy atom. The summed E-state index contributed by atoms with van der Waals surface area (Å²) in [4.78, 5) is 7.48. The Hall–Kier alpha value is -2.17. The summed E-state index contributed by atoms with van der Waals surface area (Å²) in [6, 6.07) is 16.3. The number of fused-ring (bicyclic) bond motifs is 2. The molecule has 0 spiro atoms. The molecule has 1 atom stereocenters. The summed E-state index contributed by atoms with van der Waals surface area (Å²) in [6.45, 7) is 4.73. The minimum atomic E-state index is 0.735. The molecule has 4 aromatic rings. The Balaban J connectivity index is 1.40. The van der Waals surface area contributed by atoms with Gasteiger partial charge in [0.05, 0.1) is 15.2 Å². The second-order valence-corrected chi connectivity index (χ2v) is 8.88. The van der Waals surface area contributed by atoms with E-state index in [-0.39, 0.29) is 0 Å². The molecule has 0 radical (unpaired) electrons. The first-order chi connectivity index (χ1) is 13.2. The predicted octanol–water partition coefficient (Wildman–Crippen LogP) is 5.48. The number of nitrogens with zero attached hydrogens (tertiary/aromatic N) is 3. The van der Waals surface area contributed by atoms with Crippen molar-refractivity contribution >= 4 is 32.5 Å². The predicted molar refractivity (Wildman–Crippen MR) is 116 cm³/mol. The Bertz CT molecular complexity index is 1110. The summed E-state index contributed by atoms with van der Waals surface area (Å²) in [5.41, 5.74) is 4.96. The van der Waals surface area contributed by atoms with Crippen LogP contribution in [0.3, 0.4) is 0 Å². The fourth-order valence-electron chi connectivity index (χ4n) is 4.28. The topological polar surface area (TPSA) is 21.1 Å². The van der Waals surface area contributed by atoms with Gasteiger partial charge < -0.3 is 9.47 Å². The van der Waals surface area contributed by atoms with Crippen LogP contribution in [-0.4, -0.2) is 33.6 Å². The van der Waals surface area contributed by atoms with Crippen molar-refractivity contribution in [1.29, 1.82) is 0 Å². The van der Waals surface area contributed by atoms with Crippen LogP contribution in [0.15, 0.2) is 48.7 Å². The van der Waals surface area contributed by atoms with Crippen molar-refractivity contribution in [2.45, 2.75) is 32.2 Å². The molecule has 5 rings (SSSR count). The molecule has 1 fully saturated rings. The van der Waals surface area contributed by atoms with E-state index < -0.39 is 0 Å². The van der Waals surface area contributed by atoms with Gasteiger partial charge in [-0.05, 0) is 67.8 Å². The van der Waals surface area contributed by atoms with Gasteiger partial charge in [-0.25, -0.2) is 4.98 Å². The summed E-state index contributed by atoms with van der Waals surface area (Å²) in [6.07, 6.45) is 5.87. The molecule has 1 unspecified atom stereocenters. The van der Waals surface area contributed by atoms with Gasteiger partial charge in [-0.2, -0.15) is 0 Å². The van der Waals surface area contributed by atoms with Crippen molar-refractivity contribution < 1.29 is 0 Å². The molecule has 0 saturated carbocycles. The van der Waals surface area contributed by atoms with Crippen LogP contribution in [0, 0.1) is 0 Å². The van der Waals surface area contributed by atoms with E-state index in [1.165, 1.54) is 51.1 Å². The zero-order chi connectivity index (χ0) is 18.4. The second-order valence-electron chi connectivity index (χ2n) is 7.77. The number of rotatable bonds is 4. The van der Waals surface area contributed by atoms with Crippen LogP contribution < -0.4 is 0 Å². The highest BCUT2D eigenvalue weighted by Crippen LogP contribution is 2.30. The molecule has 27 heavy (non-hydrogen) atoms. The first-order valence-electron chi connectivity index (χ1n) is 9.86. The van der Waals surface area contributed by atoms with Crippen molar-refractivity contribution in [3.05, 3.63) is 53.7 Å². The van der Waals surface area contributed by atoms with Crippen molar-refractivity contribution in [3.8, 4) is 11.1 Å². The average Bonchev–Trinajstić information content (AvgIpc) is 3.37. The minimum Gasteiger partial charge on any atom is -0.351 e. The van der Waals surface area contributed by atoms with Crippen LogP contribution in [0.4, 0.5) is 0 Å². The standard InChI is InChI=1S/C23H25N3S/c1-16-4-3-11-26(16)13-10-23-24-20-7-5-18(15-22(20)27-23)17-6-8-21-19(14-17)9-12-25(21)2/h5-9,12,14-16H,3-4,10-11,13H2,1-2H3. The molecule has 138 valence electrons. The fraction of sp³-hybridized carbons (Fsp3) is 0.348. The summed E-state index contributed by atoms with van der Waals surface area (Å²) in [7, 11) is 2.09. The lowest BCUT2D eigenvalue weighted by Crippen LogP contribution is -2.28. The lowest BCUT2D eigenvalue weighted by molar-refractivity contribution is 0.272. The quantitative estimate of drug-likeness (QED) is 0.471. The normalized spacial score (nSPS) is 18.1. The van der Waals surface area contributed by atoms with E-state index in [0.29, 0.717) is 0 Å². The molecule has 1 aliphatic rings. The van der Waals surface area contributed by atoms with Gasteiger partial charge >= 0.3 is 0 Å². The monoisotopic (exact) mass is 375 g/mol. The first-order valence-corrected chi connectivity index (χ1v) is 10.7. The Morgan fingerprint density at radius 3 is 2.81 bits per heavy atom. The zero-order valence-electron chi connectivity index (χ0n) is 16.0. The van der Waals surface area contributed by atoms with E-state index >= 15 is 0 Å². The average molecular weight is 376 g/mol. The Kier molecular flexibility index (Phi) is 4.25. The lowest BCUT2D eigenvalue weighted by atomic mass is 10.0. The van der Waals surface area contributed by atoms with E-state index in [0.717, 1.165) is 24.5 Å². The zero-order valence-corrected chi connectivity index (χ0v) is 16.8. The third-order valence-corrected chi connectivity index (χ3v) is 7.03. The molecule has 0 amide bonds. The van der Waals surface area contributed by atoms with Crippen LogP contribution in [-0.2, 0) is 13.5 Å². The summed E-state index contributed by atoms with van der Waals surface area (Å²) in [5, 5.41) is 2.56. The van der Waals surface area contributed by atoms with Crippen molar-refractivity contribution in [2.24, 2.45) is 7.05 Å². The first kappa shape index (κ1) is 17.0. The molecular weight excluding hydrogens is 350 g/mol. The third kappa shape index (κ3) is 3.17. The minimum absolute atomic E-state index is 0.735. The van der Waals surface area contributed by atoms with E-state index in [1.54, 1.807) is 0 Å². The van der Waals surface area contributed by atoms with Crippen molar-refractivity contribution in [2.75, 3.05) is 13.1 Å². The number of likely N-dealkylation sites (tertiary alicyclic amines) is 1. The van der Waals surface area contributed by atoms with Gasteiger partial charge in [0.1, 0.15) is 0 Å². The summed E-state index contributed by atoms with van der Waals surface area (Å²) >= 11 is 1.86. The smallest absolute Gasteiger partial charge is 0.0951 e. The molecule has 1 aliphatic heterocycles. The molecule has 2 aromatic carbocycles. The van der Waals surface area contributed by atoms with Crippen LogP contribution >= 0.6 is 11.3 Å². The third-order valence-electron chi connectivity index (χ3n) is 5.95. The van der Waals surface area contributed by atoms with Crippen molar-refractivity contribution in [1.82, 2.24) is 14.5 Å². The SMILES string of the molecule is CC1CCCN1CCc1nc2ccc(-c3ccc4c(ccn4C)c3)cc2s1. The van der Waals surface area contributed by atoms with Gasteiger partial charge in [-0.1, -0.05) is 12.1 Å². The molecule has 0 aliphatic carbocycles. The highest BCUT2D eigenvalue weighted by atomic mass is 32.1. The van der Waals surface area contributed by atoms with Crippen LogP contribution in [0.2, 0.25) is 0 Å². The molecule has 4 heteroatoms. The Labute approximate surface area is 164 Å². The van der Waals surface area contributed by atoms with Gasteiger partial charge in [0.25, 0.3) is 0 Å². The second kappa shape index (κ2) is 6.77. The number of benzene rings is 2. The number of aromatic nitrogens is 2. The van der Waals surface area contributed by atoms with E-state index in [9.17, 15) is 0 Å². The van der Waals surface area contributed by atoms with Crippen LogP contribution in [0.5, 0.6) is 0 Å². The number of aryl methyl sites for hydroxylation is 1. The molecular formula is C23H25N3S. The largest absolute Gasteiger partial charge is 0.351 e. The molecule has 3 heterocycles. The molecule has 3 nitrogen and oxygen atoms in total. The van der Waals surface area contributed by atoms with Gasteiger partial charge in [0, 0.05) is 43.2 Å². The van der Waals surface area contributed by atoms with Crippen LogP contribution in [0.25, 0.3) is 32.2 Å². The molecule has 2 aromatic heterocycles. The highest BCUT2D eigenvalue weighted by molar-refractivity contribution is 7.18. The maximum Gasteiger partial charge on any atom is 0.0951 e. The van der Waals surface area contributed by atoms with E-state index in [2.05, 4.69) is 72.1 Å². The maximum absolute atomic E-state index is 4.88. The number of hydrogen-bond acceptors (Lipinski definition) is 3. The summed E-state index contributed by atoms with van der Waals surface area (Å²) in [5.74, 6) is 0. The molecule has 0 N–H and O–H groups in total. The number of thiazole rings is 1. The van der Waals surface area contributed by atoms with Gasteiger partial charge in [-0.3, -0.25) is 0 Å². The lowest BCUT2D eigenvalue weighted by Gasteiger charge is -2.19. The van der Waals surface area contributed by atoms with Gasteiger partial charge in [0.2, 0.25) is 0 Å². The van der Waals surface area contributed by atoms with Crippen LogP contribution in [0.1, 0.15) is 24.8 Å². The molecule has 0 bridgehead atoms. The maximum atomic E-state index is 4.88. The van der Waals surface area contributed by atoms with Crippen molar-refractivity contribution in [3.63, 3.8) is 0 Å². The van der Waals surface area contributed by atoms with E-state index in [4.69, 9.17) is 4.98 Å².